The van der Waals surface area contributed by atoms with Gasteiger partial charge in [0.1, 0.15) is 0 Å². The predicted octanol–water partition coefficient (Wildman–Crippen LogP) is 1.42. The van der Waals surface area contributed by atoms with Gasteiger partial charge in [-0.25, -0.2) is 0 Å². The molecule has 1 atom stereocenters. The Morgan fingerprint density at radius 1 is 1.36 bits per heavy atom. The summed E-state index contributed by atoms with van der Waals surface area (Å²) in [6, 6.07) is 0. The summed E-state index contributed by atoms with van der Waals surface area (Å²) in [6.07, 6.45) is 3.28. The van der Waals surface area contributed by atoms with E-state index in [1.165, 1.54) is 0 Å². The smallest absolute Gasteiger partial charge is 0.178 e. The molecule has 0 saturated heterocycles. The molecule has 0 saturated carbocycles. The van der Waals surface area contributed by atoms with E-state index in [9.17, 15) is 0 Å². The van der Waals surface area contributed by atoms with E-state index in [0.29, 0.717) is 0 Å². The van der Waals surface area contributed by atoms with Crippen molar-refractivity contribution in [3.8, 4) is 0 Å². The summed E-state index contributed by atoms with van der Waals surface area (Å²) < 4.78 is 15.3. The molecule has 62 valence electrons. The highest BCUT2D eigenvalue weighted by Gasteiger charge is 2.18. The summed E-state index contributed by atoms with van der Waals surface area (Å²) in [7, 11) is 3.21. The molecule has 0 unspecified atom stereocenters. The summed E-state index contributed by atoms with van der Waals surface area (Å²) >= 11 is 0. The fourth-order valence-electron chi connectivity index (χ4n) is 0.998. The van der Waals surface area contributed by atoms with Crippen molar-refractivity contribution in [3.63, 3.8) is 0 Å². The fourth-order valence-corrected chi connectivity index (χ4v) is 0.998. The lowest BCUT2D eigenvalue weighted by molar-refractivity contribution is 0.0961. The van der Waals surface area contributed by atoms with E-state index in [0.717, 1.165) is 11.5 Å². The molecule has 0 N–H and O–H groups in total. The molecule has 0 bridgehead atoms. The largest absolute Gasteiger partial charge is 0.493 e. The molecular weight excluding hydrogens is 144 g/mol. The van der Waals surface area contributed by atoms with Crippen LogP contribution in [0, 0.1) is 0 Å². The Morgan fingerprint density at radius 2 is 2.09 bits per heavy atom. The first-order chi connectivity index (χ1) is 5.29. The Labute approximate surface area is 66.2 Å². The molecule has 0 aromatic heterocycles. The third-order valence-electron chi connectivity index (χ3n) is 1.55. The molecule has 1 rings (SSSR count). The van der Waals surface area contributed by atoms with Gasteiger partial charge in [0.25, 0.3) is 0 Å². The second-order valence-electron chi connectivity index (χ2n) is 2.22. The zero-order valence-electron chi connectivity index (χ0n) is 6.96. The molecule has 0 radical (unpaired) electrons. The lowest BCUT2D eigenvalue weighted by atomic mass is 10.2. The molecule has 3 heteroatoms. The Bertz CT molecular complexity index is 194. The molecule has 1 aliphatic heterocycles. The highest BCUT2D eigenvalue weighted by Crippen LogP contribution is 2.19. The van der Waals surface area contributed by atoms with Crippen LogP contribution in [0.25, 0.3) is 0 Å². The number of hydrogen-bond donors (Lipinski definition) is 0. The first-order valence-corrected chi connectivity index (χ1v) is 3.43. The monoisotopic (exact) mass is 156 g/mol. The van der Waals surface area contributed by atoms with Gasteiger partial charge in [0.2, 0.25) is 0 Å². The highest BCUT2D eigenvalue weighted by atomic mass is 16.5. The summed E-state index contributed by atoms with van der Waals surface area (Å²) in [4.78, 5) is 0. The molecule has 0 fully saturated rings. The Hall–Kier alpha value is -1.12. The average molecular weight is 156 g/mol. The van der Waals surface area contributed by atoms with Crippen LogP contribution in [0.5, 0.6) is 0 Å². The summed E-state index contributed by atoms with van der Waals surface area (Å²) in [5.74, 6) is 1.46. The Morgan fingerprint density at radius 3 is 2.55 bits per heavy atom. The van der Waals surface area contributed by atoms with Gasteiger partial charge in [0.15, 0.2) is 17.6 Å². The summed E-state index contributed by atoms with van der Waals surface area (Å²) in [6.45, 7) is 1.90. The van der Waals surface area contributed by atoms with Gasteiger partial charge in [-0.15, -0.1) is 0 Å². The number of rotatable bonds is 2. The first-order valence-electron chi connectivity index (χ1n) is 3.43. The van der Waals surface area contributed by atoms with Gasteiger partial charge in [0, 0.05) is 6.08 Å². The number of hydrogen-bond acceptors (Lipinski definition) is 3. The van der Waals surface area contributed by atoms with Crippen molar-refractivity contribution in [2.75, 3.05) is 14.2 Å². The highest BCUT2D eigenvalue weighted by molar-refractivity contribution is 5.20. The minimum absolute atomic E-state index is 0.0556. The molecule has 0 amide bonds. The van der Waals surface area contributed by atoms with E-state index in [2.05, 4.69) is 0 Å². The second-order valence-corrected chi connectivity index (χ2v) is 2.22. The standard InChI is InChI=1S/C8H12O3/c1-6-8(10-3)7(9-2)4-5-11-6/h4-6H,1-3H3/t6-/m1/s1. The van der Waals surface area contributed by atoms with Crippen molar-refractivity contribution >= 4 is 0 Å². The molecular formula is C8H12O3. The molecule has 0 aliphatic carbocycles. The Kier molecular flexibility index (Phi) is 2.41. The maximum atomic E-state index is 5.17. The van der Waals surface area contributed by atoms with Crippen LogP contribution in [0.2, 0.25) is 0 Å². The normalized spacial score (nSPS) is 23.0. The number of methoxy groups -OCH3 is 2. The van der Waals surface area contributed by atoms with Crippen LogP contribution in [0.15, 0.2) is 23.9 Å². The zero-order chi connectivity index (χ0) is 8.27. The summed E-state index contributed by atoms with van der Waals surface area (Å²) in [5, 5.41) is 0. The van der Waals surface area contributed by atoms with E-state index >= 15 is 0 Å². The molecule has 0 aromatic rings. The predicted molar refractivity (Wildman–Crippen MR) is 40.7 cm³/mol. The van der Waals surface area contributed by atoms with Gasteiger partial charge in [-0.3, -0.25) is 0 Å². The number of ether oxygens (including phenoxy) is 3. The van der Waals surface area contributed by atoms with Crippen LogP contribution < -0.4 is 0 Å². The quantitative estimate of drug-likeness (QED) is 0.605. The molecule has 1 heterocycles. The van der Waals surface area contributed by atoms with Gasteiger partial charge in [0.05, 0.1) is 20.5 Å². The van der Waals surface area contributed by atoms with Crippen LogP contribution in [0.3, 0.4) is 0 Å². The Balaban J connectivity index is 2.86. The number of allylic oxidation sites excluding steroid dienone is 1. The van der Waals surface area contributed by atoms with E-state index in [1.54, 1.807) is 26.6 Å². The lowest BCUT2D eigenvalue weighted by Gasteiger charge is -2.20. The second kappa shape index (κ2) is 3.32. The SMILES string of the molecule is COC1=C(OC)[C@@H](C)OC=C1. The minimum Gasteiger partial charge on any atom is -0.493 e. The topological polar surface area (TPSA) is 27.7 Å². The molecule has 0 spiro atoms. The average Bonchev–Trinajstić information content (AvgIpc) is 2.04. The van der Waals surface area contributed by atoms with Crippen molar-refractivity contribution < 1.29 is 14.2 Å². The maximum Gasteiger partial charge on any atom is 0.178 e. The van der Waals surface area contributed by atoms with Crippen molar-refractivity contribution in [2.45, 2.75) is 13.0 Å². The lowest BCUT2D eigenvalue weighted by Crippen LogP contribution is -2.15. The van der Waals surface area contributed by atoms with Gasteiger partial charge < -0.3 is 14.2 Å². The van der Waals surface area contributed by atoms with E-state index in [1.807, 2.05) is 6.92 Å². The van der Waals surface area contributed by atoms with E-state index in [-0.39, 0.29) is 6.10 Å². The van der Waals surface area contributed by atoms with Crippen LogP contribution in [-0.2, 0) is 14.2 Å². The van der Waals surface area contributed by atoms with Gasteiger partial charge in [-0.05, 0) is 6.92 Å². The van der Waals surface area contributed by atoms with Crippen LogP contribution in [-0.4, -0.2) is 20.3 Å². The van der Waals surface area contributed by atoms with Gasteiger partial charge in [-0.1, -0.05) is 0 Å². The fraction of sp³-hybridized carbons (Fsp3) is 0.500. The van der Waals surface area contributed by atoms with Crippen LogP contribution in [0.4, 0.5) is 0 Å². The van der Waals surface area contributed by atoms with Crippen LogP contribution >= 0.6 is 0 Å². The van der Waals surface area contributed by atoms with Crippen molar-refractivity contribution in [1.29, 1.82) is 0 Å². The third-order valence-corrected chi connectivity index (χ3v) is 1.55. The molecule has 11 heavy (non-hydrogen) atoms. The van der Waals surface area contributed by atoms with Crippen LogP contribution in [0.1, 0.15) is 6.92 Å². The van der Waals surface area contributed by atoms with Gasteiger partial charge in [-0.2, -0.15) is 0 Å². The maximum absolute atomic E-state index is 5.17. The van der Waals surface area contributed by atoms with Gasteiger partial charge >= 0.3 is 0 Å². The third kappa shape index (κ3) is 1.48. The molecule has 3 nitrogen and oxygen atoms in total. The first kappa shape index (κ1) is 7.98. The van der Waals surface area contributed by atoms with Crippen molar-refractivity contribution in [3.05, 3.63) is 23.9 Å². The van der Waals surface area contributed by atoms with E-state index < -0.39 is 0 Å². The molecule has 1 aliphatic rings. The van der Waals surface area contributed by atoms with Crippen molar-refractivity contribution in [1.82, 2.24) is 0 Å². The molecule has 0 aromatic carbocycles. The van der Waals surface area contributed by atoms with E-state index in [4.69, 9.17) is 14.2 Å². The van der Waals surface area contributed by atoms with Crippen molar-refractivity contribution in [2.24, 2.45) is 0 Å². The summed E-state index contributed by atoms with van der Waals surface area (Å²) in [5.41, 5.74) is 0. The zero-order valence-corrected chi connectivity index (χ0v) is 6.96. The minimum atomic E-state index is -0.0556.